The van der Waals surface area contributed by atoms with E-state index in [-0.39, 0.29) is 64.4 Å². The van der Waals surface area contributed by atoms with Gasteiger partial charge < -0.3 is 61.2 Å². The Hall–Kier alpha value is -5.57. The highest BCUT2D eigenvalue weighted by Crippen LogP contribution is 2.64. The van der Waals surface area contributed by atoms with Crippen LogP contribution in [0.5, 0.6) is 0 Å². The SMILES string of the molecule is CC(=O)O[C@H]1C(=O)[C@@]2(C)C(C(OC(=O)c3ccccc3)[C@]3(O)C[C@H](OC(=O)[C@H](O)[C@@H](NC(=O)/C(C)=N/NC(=O)C[N+](C)(C)C)c4ccccc4)C(C)=C1C3(C)C)[C@]1(OC(C)=O)CO[C@@H]1C[C@@H]2O.[Cl-]. The molecule has 0 aromatic heterocycles. The first-order valence-electron chi connectivity index (χ1n) is 22.0. The molecule has 1 saturated heterocycles. The molecule has 19 nitrogen and oxygen atoms in total. The summed E-state index contributed by atoms with van der Waals surface area (Å²) in [4.78, 5) is 96.3. The number of ketones is 1. The molecule has 20 heteroatoms. The minimum Gasteiger partial charge on any atom is -1.00 e. The number of carbonyl (C=O) groups excluding carboxylic acids is 7. The number of hydrogen-bond acceptors (Lipinski definition) is 16. The van der Waals surface area contributed by atoms with Crippen LogP contribution in [0.1, 0.15) is 83.3 Å². The van der Waals surface area contributed by atoms with Crippen molar-refractivity contribution in [2.75, 3.05) is 34.3 Å². The third-order valence-electron chi connectivity index (χ3n) is 13.7. The van der Waals surface area contributed by atoms with Gasteiger partial charge in [0.1, 0.15) is 29.6 Å². The normalized spacial score (nSPS) is 30.4. The van der Waals surface area contributed by atoms with Crippen LogP contribution in [-0.2, 0) is 52.5 Å². The van der Waals surface area contributed by atoms with E-state index in [0.29, 0.717) is 0 Å². The number of esters is 4. The number of carbonyl (C=O) groups is 7. The van der Waals surface area contributed by atoms with Gasteiger partial charge in [-0.1, -0.05) is 62.4 Å². The predicted molar refractivity (Wildman–Crippen MR) is 236 cm³/mol. The topological polar surface area (TPSA) is 263 Å². The molecule has 2 unspecified atom stereocenters. The number of hydrazone groups is 1. The molecule has 370 valence electrons. The van der Waals surface area contributed by atoms with Crippen LogP contribution in [0.25, 0.3) is 0 Å². The van der Waals surface area contributed by atoms with Crippen molar-refractivity contribution in [3.05, 3.63) is 82.9 Å². The lowest BCUT2D eigenvalue weighted by Gasteiger charge is -2.67. The number of likely N-dealkylation sites (N-methyl/N-ethyl adjacent to an activating group) is 1. The Balaban J connectivity index is 0.00000864. The van der Waals surface area contributed by atoms with E-state index in [1.165, 1.54) is 46.8 Å². The number of fused-ring (bicyclic) bond motifs is 5. The van der Waals surface area contributed by atoms with Crippen LogP contribution >= 0.6 is 0 Å². The zero-order chi connectivity index (χ0) is 49.6. The van der Waals surface area contributed by atoms with Gasteiger partial charge in [0.05, 0.1) is 56.8 Å². The lowest BCUT2D eigenvalue weighted by atomic mass is 9.44. The second kappa shape index (κ2) is 19.8. The average Bonchev–Trinajstić information content (AvgIpc) is 3.25. The number of nitrogens with zero attached hydrogens (tertiary/aromatic N) is 2. The first-order chi connectivity index (χ1) is 31.2. The Morgan fingerprint density at radius 3 is 2.06 bits per heavy atom. The number of nitrogens with one attached hydrogen (secondary N) is 2. The number of benzene rings is 2. The number of aliphatic hydroxyl groups is 3. The number of ether oxygens (including phenoxy) is 5. The number of rotatable bonds is 13. The quantitative estimate of drug-likeness (QED) is 0.0387. The van der Waals surface area contributed by atoms with Crippen LogP contribution in [0.3, 0.4) is 0 Å². The highest BCUT2D eigenvalue weighted by molar-refractivity contribution is 6.38. The smallest absolute Gasteiger partial charge is 0.338 e. The van der Waals surface area contributed by atoms with Gasteiger partial charge in [-0.05, 0) is 49.6 Å². The number of hydrogen-bond donors (Lipinski definition) is 5. The van der Waals surface area contributed by atoms with Crippen molar-refractivity contribution in [2.24, 2.45) is 21.8 Å². The molecule has 2 saturated carbocycles. The lowest BCUT2D eigenvalue weighted by molar-refractivity contribution is -0.862. The molecule has 2 amide bonds. The Kier molecular flexibility index (Phi) is 15.5. The van der Waals surface area contributed by atoms with Crippen molar-refractivity contribution in [3.63, 3.8) is 0 Å². The summed E-state index contributed by atoms with van der Waals surface area (Å²) in [6, 6.07) is 14.3. The molecule has 3 aliphatic carbocycles. The predicted octanol–water partition coefficient (Wildman–Crippen LogP) is -1.38. The molecule has 1 aliphatic heterocycles. The van der Waals surface area contributed by atoms with Gasteiger partial charge in [0, 0.05) is 32.1 Å². The molecule has 2 aromatic carbocycles. The summed E-state index contributed by atoms with van der Waals surface area (Å²) in [6.45, 7) is 9.19. The highest BCUT2D eigenvalue weighted by Gasteiger charge is 2.78. The minimum absolute atomic E-state index is 0. The molecule has 6 rings (SSSR count). The van der Waals surface area contributed by atoms with Gasteiger partial charge >= 0.3 is 23.9 Å². The monoisotopic (exact) mass is 968 g/mol. The number of quaternary nitrogens is 1. The van der Waals surface area contributed by atoms with Crippen molar-refractivity contribution < 1.29 is 89.5 Å². The maximum Gasteiger partial charge on any atom is 0.338 e. The lowest BCUT2D eigenvalue weighted by Crippen LogP contribution is -3.00. The van der Waals surface area contributed by atoms with E-state index in [1.54, 1.807) is 69.7 Å². The Morgan fingerprint density at radius 1 is 0.912 bits per heavy atom. The number of aliphatic hydroxyl groups excluding tert-OH is 2. The Morgan fingerprint density at radius 2 is 1.51 bits per heavy atom. The van der Waals surface area contributed by atoms with Crippen LogP contribution in [0.4, 0.5) is 0 Å². The molecule has 2 bridgehead atoms. The third-order valence-corrected chi connectivity index (χ3v) is 13.7. The van der Waals surface area contributed by atoms with Gasteiger partial charge in [0.15, 0.2) is 30.1 Å². The van der Waals surface area contributed by atoms with Gasteiger partial charge in [0.25, 0.3) is 11.8 Å². The first-order valence-corrected chi connectivity index (χ1v) is 22.0. The second-order valence-corrected chi connectivity index (χ2v) is 19.7. The molecule has 0 radical (unpaired) electrons. The van der Waals surface area contributed by atoms with Crippen LogP contribution in [0.2, 0.25) is 0 Å². The summed E-state index contributed by atoms with van der Waals surface area (Å²) in [6.07, 6.45) is -10.9. The molecule has 4 aliphatic rings. The molecular formula is C48H61ClN4O15. The standard InChI is InChI=1S/C48H60N4O15.ClH/c1-25-31(65-44(61)37(57)36(29-17-13-11-14-18-29)49-42(59)26(2)50-51-34(56)23-52(8,9)10)22-48(62)41(66-43(60)30-19-15-12-16-20-30)39-46(7,32(55)21-33-47(39,24-63-33)67-28(4)54)40(58)38(64-27(3)53)35(25)45(48,5)6;/h11-20,31-33,36-39,41,55,57,62H,21-24H2,1-10H3,(H-,49,51,56,59);1H/t31-,32-,33+,36-,37+,38+,39?,41?,46+,47-,48+;/m0./s1. The summed E-state index contributed by atoms with van der Waals surface area (Å²) in [7, 11) is 5.39. The van der Waals surface area contributed by atoms with E-state index < -0.39 is 119 Å². The van der Waals surface area contributed by atoms with Crippen molar-refractivity contribution in [1.29, 1.82) is 0 Å². The van der Waals surface area contributed by atoms with Crippen LogP contribution in [0, 0.1) is 16.7 Å². The second-order valence-electron chi connectivity index (χ2n) is 19.7. The van der Waals surface area contributed by atoms with Gasteiger partial charge in [-0.25, -0.2) is 15.0 Å². The number of amides is 2. The number of Topliss-reactive ketones (excluding diaryl/α,β-unsaturated/α-hetero) is 1. The van der Waals surface area contributed by atoms with Crippen LogP contribution < -0.4 is 23.1 Å². The maximum absolute atomic E-state index is 15.5. The van der Waals surface area contributed by atoms with Crippen LogP contribution in [0.15, 0.2) is 76.9 Å². The average molecular weight is 969 g/mol. The molecule has 11 atom stereocenters. The highest BCUT2D eigenvalue weighted by atomic mass is 35.5. The molecule has 3 fully saturated rings. The fourth-order valence-corrected chi connectivity index (χ4v) is 10.3. The van der Waals surface area contributed by atoms with E-state index >= 15 is 4.79 Å². The third kappa shape index (κ3) is 9.82. The fourth-order valence-electron chi connectivity index (χ4n) is 10.3. The van der Waals surface area contributed by atoms with Gasteiger partial charge in [0.2, 0.25) is 0 Å². The maximum atomic E-state index is 15.5. The largest absolute Gasteiger partial charge is 1.00 e. The minimum atomic E-state index is -2.44. The Labute approximate surface area is 400 Å². The summed E-state index contributed by atoms with van der Waals surface area (Å²) < 4.78 is 30.6. The van der Waals surface area contributed by atoms with E-state index in [2.05, 4.69) is 15.8 Å². The summed E-state index contributed by atoms with van der Waals surface area (Å²) in [5, 5.41) is 44.1. The van der Waals surface area contributed by atoms with Crippen molar-refractivity contribution in [3.8, 4) is 0 Å². The summed E-state index contributed by atoms with van der Waals surface area (Å²) in [5.41, 5.74) is -5.51. The van der Waals surface area contributed by atoms with Gasteiger partial charge in [-0.2, -0.15) is 5.10 Å². The van der Waals surface area contributed by atoms with Crippen molar-refractivity contribution in [1.82, 2.24) is 10.7 Å². The molecule has 2 aromatic rings. The Bertz CT molecular complexity index is 2370. The van der Waals surface area contributed by atoms with Crippen LogP contribution in [-0.4, -0.2) is 149 Å². The summed E-state index contributed by atoms with van der Waals surface area (Å²) >= 11 is 0. The fraction of sp³-hybridized carbons (Fsp3) is 0.542. The van der Waals surface area contributed by atoms with E-state index in [9.17, 15) is 44.1 Å². The van der Waals surface area contributed by atoms with Gasteiger partial charge in [-0.15, -0.1) is 0 Å². The molecule has 68 heavy (non-hydrogen) atoms. The number of halogens is 1. The van der Waals surface area contributed by atoms with E-state index in [0.717, 1.165) is 13.8 Å². The zero-order valence-corrected chi connectivity index (χ0v) is 40.5. The van der Waals surface area contributed by atoms with E-state index in [4.69, 9.17) is 23.7 Å². The molecular weight excluding hydrogens is 908 g/mol. The molecule has 5 N–H and O–H groups in total. The van der Waals surface area contributed by atoms with E-state index in [1.807, 2.05) is 0 Å². The zero-order valence-electron chi connectivity index (χ0n) is 39.7. The molecule has 1 heterocycles. The molecule has 0 spiro atoms. The first kappa shape index (κ1) is 53.4. The van der Waals surface area contributed by atoms with Gasteiger partial charge in [-0.3, -0.25) is 24.0 Å². The summed E-state index contributed by atoms with van der Waals surface area (Å²) in [5.74, 6) is -7.78. The van der Waals surface area contributed by atoms with Crippen molar-refractivity contribution in [2.45, 2.75) is 115 Å². The van der Waals surface area contributed by atoms with Crippen molar-refractivity contribution >= 4 is 47.2 Å².